The molecule has 4 saturated carbocycles. The Morgan fingerprint density at radius 2 is 0.836 bits per heavy atom. The number of furan rings is 1. The molecule has 5 aliphatic carbocycles. The molecule has 0 aliphatic heterocycles. The van der Waals surface area contributed by atoms with Crippen LogP contribution in [0.2, 0.25) is 0 Å². The van der Waals surface area contributed by atoms with E-state index in [1.165, 1.54) is 99.0 Å². The molecule has 4 fully saturated rings. The summed E-state index contributed by atoms with van der Waals surface area (Å²) in [6.45, 7) is 0. The second-order valence-corrected chi connectivity index (χ2v) is 21.5. The molecule has 4 bridgehead atoms. The summed E-state index contributed by atoms with van der Waals surface area (Å²) in [5.41, 5.74) is 20.5. The summed E-state index contributed by atoms with van der Waals surface area (Å²) in [5.74, 6) is 2.84. The highest BCUT2D eigenvalue weighted by molar-refractivity contribution is 6.13. The van der Waals surface area contributed by atoms with Crippen LogP contribution in [-0.4, -0.2) is 0 Å². The third kappa shape index (κ3) is 6.36. The molecule has 1 aromatic heterocycles. The quantitative estimate of drug-likeness (QED) is 0.151. The minimum Gasteiger partial charge on any atom is -0.456 e. The fraction of sp³-hybridized carbons (Fsp3) is 0.155. The van der Waals surface area contributed by atoms with E-state index >= 15 is 0 Å². The number of fused-ring (bicyclic) bond motifs is 5. The molecule has 0 saturated heterocycles. The van der Waals surface area contributed by atoms with Crippen molar-refractivity contribution in [2.45, 2.75) is 42.9 Å². The first-order valence-electron chi connectivity index (χ1n) is 26.6. The van der Waals surface area contributed by atoms with Gasteiger partial charge >= 0.3 is 0 Å². The minimum absolute atomic E-state index is 0.0952. The first-order valence-corrected chi connectivity index (χ1v) is 26.6. The van der Waals surface area contributed by atoms with Gasteiger partial charge in [0, 0.05) is 33.2 Å². The van der Waals surface area contributed by atoms with E-state index in [4.69, 9.17) is 4.42 Å². The highest BCUT2D eigenvalue weighted by atomic mass is 16.3. The van der Waals surface area contributed by atoms with Gasteiger partial charge in [0.1, 0.15) is 11.2 Å². The Morgan fingerprint density at radius 1 is 0.342 bits per heavy atom. The van der Waals surface area contributed by atoms with Gasteiger partial charge in [-0.3, -0.25) is 0 Å². The second kappa shape index (κ2) is 16.7. The summed E-state index contributed by atoms with van der Waals surface area (Å²) in [6, 6.07) is 93.3. The number of para-hydroxylation sites is 1. The molecule has 0 radical (unpaired) electrons. The van der Waals surface area contributed by atoms with Gasteiger partial charge in [0.2, 0.25) is 0 Å². The van der Waals surface area contributed by atoms with Gasteiger partial charge in [0.25, 0.3) is 0 Å². The molecule has 0 N–H and O–H groups in total. The van der Waals surface area contributed by atoms with E-state index in [0.29, 0.717) is 11.8 Å². The highest BCUT2D eigenvalue weighted by Crippen LogP contribution is 2.70. The molecule has 16 rings (SSSR count). The highest BCUT2D eigenvalue weighted by Gasteiger charge is 2.63. The van der Waals surface area contributed by atoms with Crippen LogP contribution in [0.1, 0.15) is 65.5 Å². The Balaban J connectivity index is 0.942. The Kier molecular flexibility index (Phi) is 9.71. The summed E-state index contributed by atoms with van der Waals surface area (Å²) in [7, 11) is 0. The summed E-state index contributed by atoms with van der Waals surface area (Å²) < 4.78 is 6.39. The van der Waals surface area contributed by atoms with Crippen LogP contribution >= 0.6 is 0 Å². The Morgan fingerprint density at radius 3 is 1.51 bits per heavy atom. The molecule has 1 spiro atoms. The van der Waals surface area contributed by atoms with Crippen molar-refractivity contribution in [2.75, 3.05) is 4.90 Å². The zero-order valence-corrected chi connectivity index (χ0v) is 40.9. The van der Waals surface area contributed by atoms with Crippen molar-refractivity contribution in [3.63, 3.8) is 0 Å². The summed E-state index contributed by atoms with van der Waals surface area (Å²) in [6.07, 6.45) is 6.67. The molecule has 2 nitrogen and oxygen atoms in total. The summed E-state index contributed by atoms with van der Waals surface area (Å²) in [5, 5.41) is 2.30. The molecule has 0 amide bonds. The summed E-state index contributed by atoms with van der Waals surface area (Å²) in [4.78, 5) is 2.53. The number of nitrogens with zero attached hydrogens (tertiary/aromatic N) is 1. The molecule has 0 unspecified atom stereocenters. The van der Waals surface area contributed by atoms with Crippen LogP contribution in [0.5, 0.6) is 0 Å². The van der Waals surface area contributed by atoms with Gasteiger partial charge in [-0.1, -0.05) is 200 Å². The van der Waals surface area contributed by atoms with Gasteiger partial charge in [-0.15, -0.1) is 0 Å². The molecule has 11 aromatic rings. The van der Waals surface area contributed by atoms with E-state index in [1.54, 1.807) is 5.56 Å². The van der Waals surface area contributed by atoms with Gasteiger partial charge in [-0.2, -0.15) is 0 Å². The average molecular weight is 938 g/mol. The third-order valence-corrected chi connectivity index (χ3v) is 18.0. The number of anilines is 3. The van der Waals surface area contributed by atoms with Crippen molar-refractivity contribution in [1.82, 2.24) is 0 Å². The van der Waals surface area contributed by atoms with E-state index in [9.17, 15) is 0 Å². The normalized spacial score (nSPS) is 21.0. The Bertz CT molecular complexity index is 3780. The van der Waals surface area contributed by atoms with Gasteiger partial charge in [-0.25, -0.2) is 0 Å². The molecule has 350 valence electrons. The zero-order valence-electron chi connectivity index (χ0n) is 40.9. The smallest absolute Gasteiger partial charge is 0.136 e. The molecule has 73 heavy (non-hydrogen) atoms. The van der Waals surface area contributed by atoms with Gasteiger partial charge in [0.05, 0.1) is 5.41 Å². The van der Waals surface area contributed by atoms with E-state index in [-0.39, 0.29) is 5.41 Å². The Labute approximate surface area is 428 Å². The lowest BCUT2D eigenvalue weighted by molar-refractivity contribution is -0.0440. The number of benzene rings is 10. The van der Waals surface area contributed by atoms with Crippen LogP contribution in [0.3, 0.4) is 0 Å². The molecule has 2 heteroatoms. The lowest BCUT2D eigenvalue weighted by Crippen LogP contribution is -2.59. The van der Waals surface area contributed by atoms with E-state index in [1.807, 2.05) is 6.07 Å². The third-order valence-electron chi connectivity index (χ3n) is 18.0. The SMILES string of the molecule is c1ccc(-c2ccc(N(c3ccc(-c4ccccc4-c4cccc5oc6ccccc6c45)cc3)c3ccc4c(c3)C3(c5ccccc5C4(c4ccccc4)c4ccccc4)C4CC5CC(C4)CC3C5)cc2)cc1. The first kappa shape index (κ1) is 42.5. The number of hydrogen-bond donors (Lipinski definition) is 0. The zero-order chi connectivity index (χ0) is 48.1. The van der Waals surface area contributed by atoms with Crippen LogP contribution in [0.4, 0.5) is 17.1 Å². The van der Waals surface area contributed by atoms with Gasteiger partial charge < -0.3 is 9.32 Å². The van der Waals surface area contributed by atoms with Gasteiger partial charge in [0.15, 0.2) is 0 Å². The molecule has 0 atom stereocenters. The predicted octanol–water partition coefficient (Wildman–Crippen LogP) is 18.5. The Hall–Kier alpha value is -8.20. The van der Waals surface area contributed by atoms with Crippen LogP contribution in [0.25, 0.3) is 55.3 Å². The number of hydrogen-bond acceptors (Lipinski definition) is 2. The molecule has 10 aromatic carbocycles. The second-order valence-electron chi connectivity index (χ2n) is 21.5. The van der Waals surface area contributed by atoms with Gasteiger partial charge in [-0.05, 0) is 171 Å². The molecule has 1 heterocycles. The maximum Gasteiger partial charge on any atom is 0.136 e. The molecular formula is C71H55NO. The monoisotopic (exact) mass is 937 g/mol. The fourth-order valence-electron chi connectivity index (χ4n) is 15.4. The minimum atomic E-state index is -0.503. The first-order chi connectivity index (χ1) is 36.2. The standard InChI is InChI=1S/C71H55NO/c1-4-17-49(18-5-1)50-31-35-56(36-32-50)72(57-37-33-51(34-38-57)59-23-10-11-24-60(59)61-26-16-30-68-69(61)62-25-12-15-29-67(62)73-68)58-39-40-65-66(46-58)71(54-42-47-41-48(44-54)45-55(71)43-47)64-28-14-13-27-63(64)70(65,52-19-6-2-7-20-52)53-21-8-3-9-22-53/h1-40,46-48,54-55H,41-45H2. The van der Waals surface area contributed by atoms with E-state index < -0.39 is 5.41 Å². The maximum atomic E-state index is 6.39. The van der Waals surface area contributed by atoms with E-state index in [0.717, 1.165) is 45.1 Å². The van der Waals surface area contributed by atoms with Crippen LogP contribution < -0.4 is 4.90 Å². The summed E-state index contributed by atoms with van der Waals surface area (Å²) >= 11 is 0. The topological polar surface area (TPSA) is 16.4 Å². The van der Waals surface area contributed by atoms with Crippen molar-refractivity contribution in [2.24, 2.45) is 23.7 Å². The lowest BCUT2D eigenvalue weighted by Gasteiger charge is -2.65. The van der Waals surface area contributed by atoms with Crippen molar-refractivity contribution in [3.8, 4) is 33.4 Å². The lowest BCUT2D eigenvalue weighted by atomic mass is 9.38. The largest absolute Gasteiger partial charge is 0.456 e. The van der Waals surface area contributed by atoms with Crippen LogP contribution in [-0.2, 0) is 10.8 Å². The van der Waals surface area contributed by atoms with Crippen molar-refractivity contribution < 1.29 is 4.42 Å². The van der Waals surface area contributed by atoms with Crippen LogP contribution in [0.15, 0.2) is 253 Å². The fourth-order valence-corrected chi connectivity index (χ4v) is 15.4. The maximum absolute atomic E-state index is 6.39. The van der Waals surface area contributed by atoms with Crippen molar-refractivity contribution in [3.05, 3.63) is 282 Å². The average Bonchev–Trinajstić information content (AvgIpc) is 3.85. The van der Waals surface area contributed by atoms with Crippen molar-refractivity contribution >= 4 is 39.0 Å². The van der Waals surface area contributed by atoms with Crippen molar-refractivity contribution in [1.29, 1.82) is 0 Å². The number of rotatable bonds is 8. The van der Waals surface area contributed by atoms with E-state index in [2.05, 4.69) is 248 Å². The predicted molar refractivity (Wildman–Crippen MR) is 301 cm³/mol. The molecular weight excluding hydrogens is 883 g/mol. The van der Waals surface area contributed by atoms with Crippen LogP contribution in [0, 0.1) is 23.7 Å². The molecule has 5 aliphatic rings.